The summed E-state index contributed by atoms with van der Waals surface area (Å²) >= 11 is 0. The Hall–Kier alpha value is -1.42. The number of rotatable bonds is 3. The molecule has 2 rings (SSSR count). The third-order valence-electron chi connectivity index (χ3n) is 3.31. The van der Waals surface area contributed by atoms with Crippen LogP contribution >= 0.6 is 0 Å². The average Bonchev–Trinajstić information content (AvgIpc) is 2.39. The number of benzene rings is 1. The average molecular weight is 228 g/mol. The lowest BCUT2D eigenvalue weighted by atomic mass is 9.90. The van der Waals surface area contributed by atoms with Crippen LogP contribution in [0.4, 0.5) is 0 Å². The summed E-state index contributed by atoms with van der Waals surface area (Å²) in [6.07, 6.45) is 6.80. The fourth-order valence-corrected chi connectivity index (χ4v) is 2.38. The third-order valence-corrected chi connectivity index (χ3v) is 3.31. The fourth-order valence-electron chi connectivity index (χ4n) is 2.38. The first-order chi connectivity index (χ1) is 8.38. The Kier molecular flexibility index (Phi) is 4.50. The van der Waals surface area contributed by atoms with Gasteiger partial charge < -0.3 is 4.74 Å². The molecule has 0 saturated heterocycles. The van der Waals surface area contributed by atoms with Gasteiger partial charge in [-0.3, -0.25) is 0 Å². The Bertz CT molecular complexity index is 405. The van der Waals surface area contributed by atoms with Gasteiger partial charge in [0.2, 0.25) is 0 Å². The van der Waals surface area contributed by atoms with Crippen LogP contribution in [-0.2, 0) is 0 Å². The molecule has 1 aromatic carbocycles. The van der Waals surface area contributed by atoms with Crippen molar-refractivity contribution in [2.24, 2.45) is 5.92 Å². The summed E-state index contributed by atoms with van der Waals surface area (Å²) in [7, 11) is 0. The lowest BCUT2D eigenvalue weighted by Gasteiger charge is -2.21. The molecule has 0 N–H and O–H groups in total. The van der Waals surface area contributed by atoms with Crippen molar-refractivity contribution in [1.82, 2.24) is 0 Å². The monoisotopic (exact) mass is 228 g/mol. The van der Waals surface area contributed by atoms with Crippen LogP contribution in [0.5, 0.6) is 5.75 Å². The fraction of sp³-hybridized carbons (Fsp3) is 0.500. The summed E-state index contributed by atoms with van der Waals surface area (Å²) in [6.45, 7) is 2.72. The van der Waals surface area contributed by atoms with E-state index in [-0.39, 0.29) is 0 Å². The van der Waals surface area contributed by atoms with Crippen LogP contribution in [-0.4, -0.2) is 6.61 Å². The van der Waals surface area contributed by atoms with Crippen LogP contribution in [0.15, 0.2) is 24.3 Å². The van der Waals surface area contributed by atoms with Crippen LogP contribution in [0.3, 0.4) is 0 Å². The standard InChI is InChI=1S/C16H20O/c1-2-7-14-10-6-11-16(12-14)17-13-15-8-4-3-5-9-15/h6,10-12,15H,3-5,8-9,13H2,1H3. The lowest BCUT2D eigenvalue weighted by molar-refractivity contribution is 0.209. The van der Waals surface area contributed by atoms with Crippen molar-refractivity contribution in [2.45, 2.75) is 39.0 Å². The maximum absolute atomic E-state index is 5.86. The van der Waals surface area contributed by atoms with Crippen molar-refractivity contribution in [2.75, 3.05) is 6.61 Å². The summed E-state index contributed by atoms with van der Waals surface area (Å²) in [4.78, 5) is 0. The van der Waals surface area contributed by atoms with Gasteiger partial charge in [0, 0.05) is 5.56 Å². The molecule has 0 aliphatic heterocycles. The van der Waals surface area contributed by atoms with Crippen LogP contribution in [0.1, 0.15) is 44.6 Å². The van der Waals surface area contributed by atoms with Crippen molar-refractivity contribution in [3.8, 4) is 17.6 Å². The Balaban J connectivity index is 1.88. The number of hydrogen-bond donors (Lipinski definition) is 0. The van der Waals surface area contributed by atoms with Crippen molar-refractivity contribution >= 4 is 0 Å². The summed E-state index contributed by atoms with van der Waals surface area (Å²) in [6, 6.07) is 8.07. The summed E-state index contributed by atoms with van der Waals surface area (Å²) in [5, 5.41) is 0. The van der Waals surface area contributed by atoms with Gasteiger partial charge in [-0.1, -0.05) is 31.2 Å². The molecular weight excluding hydrogens is 208 g/mol. The highest BCUT2D eigenvalue weighted by molar-refractivity contribution is 5.39. The molecule has 1 nitrogen and oxygen atoms in total. The second-order valence-electron chi connectivity index (χ2n) is 4.72. The molecule has 0 unspecified atom stereocenters. The normalized spacial score (nSPS) is 16.1. The molecule has 0 atom stereocenters. The molecule has 0 amide bonds. The zero-order valence-corrected chi connectivity index (χ0v) is 10.5. The molecule has 0 heterocycles. The molecule has 0 aromatic heterocycles. The number of hydrogen-bond acceptors (Lipinski definition) is 1. The van der Waals surface area contributed by atoms with Gasteiger partial charge in [-0.15, -0.1) is 5.92 Å². The lowest BCUT2D eigenvalue weighted by Crippen LogP contribution is -2.15. The Morgan fingerprint density at radius 3 is 2.82 bits per heavy atom. The molecule has 1 saturated carbocycles. The predicted molar refractivity (Wildman–Crippen MR) is 71.1 cm³/mol. The molecule has 17 heavy (non-hydrogen) atoms. The smallest absolute Gasteiger partial charge is 0.120 e. The Morgan fingerprint density at radius 1 is 1.24 bits per heavy atom. The summed E-state index contributed by atoms with van der Waals surface area (Å²) in [5.74, 6) is 7.68. The van der Waals surface area contributed by atoms with Crippen LogP contribution in [0.2, 0.25) is 0 Å². The van der Waals surface area contributed by atoms with Gasteiger partial charge in [0.1, 0.15) is 5.75 Å². The highest BCUT2D eigenvalue weighted by Crippen LogP contribution is 2.24. The molecule has 90 valence electrons. The van der Waals surface area contributed by atoms with E-state index in [0.29, 0.717) is 0 Å². The van der Waals surface area contributed by atoms with E-state index in [4.69, 9.17) is 4.74 Å². The summed E-state index contributed by atoms with van der Waals surface area (Å²) in [5.41, 5.74) is 1.04. The second kappa shape index (κ2) is 6.35. The minimum Gasteiger partial charge on any atom is -0.493 e. The van der Waals surface area contributed by atoms with Crippen molar-refractivity contribution in [3.63, 3.8) is 0 Å². The van der Waals surface area contributed by atoms with Gasteiger partial charge in [0.25, 0.3) is 0 Å². The molecule has 0 spiro atoms. The molecule has 0 bridgehead atoms. The van der Waals surface area contributed by atoms with E-state index >= 15 is 0 Å². The minimum atomic E-state index is 0.754. The molecular formula is C16H20O. The van der Waals surface area contributed by atoms with Gasteiger partial charge >= 0.3 is 0 Å². The SMILES string of the molecule is CC#Cc1cccc(OCC2CCCCC2)c1. The first-order valence-electron chi connectivity index (χ1n) is 6.54. The van der Waals surface area contributed by atoms with Crippen molar-refractivity contribution < 1.29 is 4.74 Å². The van der Waals surface area contributed by atoms with Crippen molar-refractivity contribution in [3.05, 3.63) is 29.8 Å². The third kappa shape index (κ3) is 3.82. The first-order valence-corrected chi connectivity index (χ1v) is 6.54. The van der Waals surface area contributed by atoms with Crippen LogP contribution in [0, 0.1) is 17.8 Å². The maximum atomic E-state index is 5.86. The van der Waals surface area contributed by atoms with E-state index in [1.807, 2.05) is 31.2 Å². The Morgan fingerprint density at radius 2 is 2.06 bits per heavy atom. The van der Waals surface area contributed by atoms with Gasteiger partial charge in [-0.2, -0.15) is 0 Å². The van der Waals surface area contributed by atoms with Gasteiger partial charge in [-0.05, 0) is 43.9 Å². The van der Waals surface area contributed by atoms with E-state index < -0.39 is 0 Å². The quantitative estimate of drug-likeness (QED) is 0.710. The minimum absolute atomic E-state index is 0.754. The highest BCUT2D eigenvalue weighted by Gasteiger charge is 2.13. The summed E-state index contributed by atoms with van der Waals surface area (Å²) < 4.78 is 5.86. The van der Waals surface area contributed by atoms with Crippen LogP contribution in [0.25, 0.3) is 0 Å². The molecule has 1 aliphatic rings. The molecule has 1 aromatic rings. The van der Waals surface area contributed by atoms with E-state index in [0.717, 1.165) is 23.8 Å². The van der Waals surface area contributed by atoms with Crippen molar-refractivity contribution in [1.29, 1.82) is 0 Å². The van der Waals surface area contributed by atoms with Crippen LogP contribution < -0.4 is 4.74 Å². The van der Waals surface area contributed by atoms with Gasteiger partial charge in [-0.25, -0.2) is 0 Å². The topological polar surface area (TPSA) is 9.23 Å². The molecule has 0 radical (unpaired) electrons. The zero-order chi connectivity index (χ0) is 11.9. The van der Waals surface area contributed by atoms with Gasteiger partial charge in [0.15, 0.2) is 0 Å². The largest absolute Gasteiger partial charge is 0.493 e. The molecule has 1 fully saturated rings. The van der Waals surface area contributed by atoms with E-state index in [9.17, 15) is 0 Å². The first kappa shape index (κ1) is 12.0. The second-order valence-corrected chi connectivity index (χ2v) is 4.72. The highest BCUT2D eigenvalue weighted by atomic mass is 16.5. The Labute approximate surface area is 104 Å². The van der Waals surface area contributed by atoms with E-state index in [2.05, 4.69) is 11.8 Å². The van der Waals surface area contributed by atoms with Gasteiger partial charge in [0.05, 0.1) is 6.61 Å². The predicted octanol–water partition coefficient (Wildman–Crippen LogP) is 4.02. The zero-order valence-electron chi connectivity index (χ0n) is 10.5. The molecule has 1 aliphatic carbocycles. The van der Waals surface area contributed by atoms with E-state index in [1.165, 1.54) is 32.1 Å². The van der Waals surface area contributed by atoms with E-state index in [1.54, 1.807) is 0 Å². The number of ether oxygens (including phenoxy) is 1. The molecule has 1 heteroatoms. The maximum Gasteiger partial charge on any atom is 0.120 e.